The predicted octanol–water partition coefficient (Wildman–Crippen LogP) is 6.19. The van der Waals surface area contributed by atoms with E-state index in [0.717, 1.165) is 15.4 Å². The van der Waals surface area contributed by atoms with Crippen molar-refractivity contribution >= 4 is 52.5 Å². The molecule has 0 fully saturated rings. The Morgan fingerprint density at radius 3 is 1.44 bits per heavy atom. The molecule has 0 aromatic heterocycles. The fraction of sp³-hybridized carbons (Fsp3) is 0.0526. The molecule has 0 bridgehead atoms. The standard InChI is InChI=1S/C38H26N4O6/c1-21-3-11-26(12-4-21)39-33(43)22-5-7-23(8-6-22)34(44)40-27-13-15-28(16-14-27)42-37(47)30-18-10-25(20-32(30)38(42)48)24-9-17-29-31(19-24)36(46)41(2)35(29)45/h3-20H,1-2H3,(H,39,43)(H,40,44). The van der Waals surface area contributed by atoms with Crippen molar-refractivity contribution in [1.82, 2.24) is 4.90 Å². The normalized spacial score (nSPS) is 13.5. The molecule has 2 N–H and O–H groups in total. The van der Waals surface area contributed by atoms with Gasteiger partial charge in [-0.1, -0.05) is 29.8 Å². The minimum Gasteiger partial charge on any atom is -0.322 e. The first kappa shape index (κ1) is 30.0. The second-order valence-electron chi connectivity index (χ2n) is 11.5. The molecule has 7 rings (SSSR count). The first-order chi connectivity index (χ1) is 23.1. The number of imide groups is 2. The minimum absolute atomic E-state index is 0.214. The Balaban J connectivity index is 1.03. The zero-order valence-electron chi connectivity index (χ0n) is 25.7. The number of hydrogen-bond acceptors (Lipinski definition) is 6. The average molecular weight is 635 g/mol. The first-order valence-electron chi connectivity index (χ1n) is 15.0. The van der Waals surface area contributed by atoms with Crippen LogP contribution in [0.2, 0.25) is 0 Å². The quantitative estimate of drug-likeness (QED) is 0.214. The van der Waals surface area contributed by atoms with E-state index in [1.165, 1.54) is 7.05 Å². The van der Waals surface area contributed by atoms with Crippen LogP contribution in [0.15, 0.2) is 109 Å². The van der Waals surface area contributed by atoms with Gasteiger partial charge in [0.15, 0.2) is 0 Å². The highest BCUT2D eigenvalue weighted by atomic mass is 16.2. The van der Waals surface area contributed by atoms with Crippen LogP contribution in [0.5, 0.6) is 0 Å². The van der Waals surface area contributed by atoms with Crippen LogP contribution in [-0.2, 0) is 0 Å². The van der Waals surface area contributed by atoms with Gasteiger partial charge in [0.1, 0.15) is 0 Å². The lowest BCUT2D eigenvalue weighted by Gasteiger charge is -2.14. The molecule has 6 amide bonds. The lowest BCUT2D eigenvalue weighted by molar-refractivity contribution is 0.0691. The SMILES string of the molecule is Cc1ccc(NC(=O)c2ccc(C(=O)Nc3ccc(N4C(=O)c5ccc(-c6ccc7c(c6)C(=O)N(C)C7=O)cc5C4=O)cc3)cc2)cc1. The number of nitrogens with one attached hydrogen (secondary N) is 2. The predicted molar refractivity (Wildman–Crippen MR) is 179 cm³/mol. The van der Waals surface area contributed by atoms with Gasteiger partial charge in [0.25, 0.3) is 35.4 Å². The topological polar surface area (TPSA) is 133 Å². The van der Waals surface area contributed by atoms with E-state index in [0.29, 0.717) is 44.9 Å². The molecule has 10 heteroatoms. The van der Waals surface area contributed by atoms with Crippen molar-refractivity contribution in [3.05, 3.63) is 148 Å². The van der Waals surface area contributed by atoms with Crippen LogP contribution < -0.4 is 15.5 Å². The molecule has 10 nitrogen and oxygen atoms in total. The zero-order chi connectivity index (χ0) is 33.7. The third-order valence-corrected chi connectivity index (χ3v) is 8.41. The molecule has 2 aliphatic rings. The van der Waals surface area contributed by atoms with Crippen molar-refractivity contribution in [2.45, 2.75) is 6.92 Å². The average Bonchev–Trinajstić information content (AvgIpc) is 3.48. The summed E-state index contributed by atoms with van der Waals surface area (Å²) in [5.41, 5.74) is 5.57. The maximum atomic E-state index is 13.5. The molecule has 48 heavy (non-hydrogen) atoms. The van der Waals surface area contributed by atoms with Crippen molar-refractivity contribution in [1.29, 1.82) is 0 Å². The van der Waals surface area contributed by atoms with Gasteiger partial charge in [-0.25, -0.2) is 4.90 Å². The summed E-state index contributed by atoms with van der Waals surface area (Å²) in [5, 5.41) is 5.61. The number of aryl methyl sites for hydroxylation is 1. The first-order valence-corrected chi connectivity index (χ1v) is 15.0. The summed E-state index contributed by atoms with van der Waals surface area (Å²) in [7, 11) is 1.42. The molecular formula is C38H26N4O6. The van der Waals surface area contributed by atoms with Crippen molar-refractivity contribution in [2.75, 3.05) is 22.6 Å². The number of hydrogen-bond donors (Lipinski definition) is 2. The summed E-state index contributed by atoms with van der Waals surface area (Å²) >= 11 is 0. The Morgan fingerprint density at radius 1 is 0.500 bits per heavy atom. The van der Waals surface area contributed by atoms with Gasteiger partial charge in [-0.05, 0) is 103 Å². The Hall–Kier alpha value is -6.68. The maximum Gasteiger partial charge on any atom is 0.266 e. The summed E-state index contributed by atoms with van der Waals surface area (Å²) in [6.07, 6.45) is 0. The van der Waals surface area contributed by atoms with Crippen LogP contribution in [0.1, 0.15) is 67.7 Å². The largest absolute Gasteiger partial charge is 0.322 e. The number of carbonyl (C=O) groups excluding carboxylic acids is 6. The summed E-state index contributed by atoms with van der Waals surface area (Å²) in [4.78, 5) is 79.1. The molecule has 0 aliphatic carbocycles. The molecule has 5 aromatic carbocycles. The van der Waals surface area contributed by atoms with Crippen LogP contribution in [0.25, 0.3) is 11.1 Å². The highest BCUT2D eigenvalue weighted by Crippen LogP contribution is 2.34. The van der Waals surface area contributed by atoms with Crippen LogP contribution in [0, 0.1) is 6.92 Å². The van der Waals surface area contributed by atoms with Crippen molar-refractivity contribution in [3.8, 4) is 11.1 Å². The summed E-state index contributed by atoms with van der Waals surface area (Å²) in [5.74, 6) is -2.45. The van der Waals surface area contributed by atoms with Gasteiger partial charge in [-0.15, -0.1) is 0 Å². The Kier molecular flexibility index (Phi) is 7.25. The lowest BCUT2D eigenvalue weighted by atomic mass is 9.97. The fourth-order valence-corrected chi connectivity index (χ4v) is 5.71. The second kappa shape index (κ2) is 11.6. The van der Waals surface area contributed by atoms with Gasteiger partial charge < -0.3 is 10.6 Å². The van der Waals surface area contributed by atoms with E-state index in [4.69, 9.17) is 0 Å². The number of nitrogens with zero attached hydrogens (tertiary/aromatic N) is 2. The number of rotatable bonds is 6. The highest BCUT2D eigenvalue weighted by Gasteiger charge is 2.37. The number of carbonyl (C=O) groups is 6. The maximum absolute atomic E-state index is 13.5. The van der Waals surface area contributed by atoms with Crippen molar-refractivity contribution in [2.24, 2.45) is 0 Å². The van der Waals surface area contributed by atoms with Gasteiger partial charge in [-0.2, -0.15) is 0 Å². The Bertz CT molecular complexity index is 2210. The molecule has 0 saturated carbocycles. The number of anilines is 3. The Morgan fingerprint density at radius 2 is 0.917 bits per heavy atom. The Labute approximate surface area is 274 Å². The van der Waals surface area contributed by atoms with Gasteiger partial charge in [0.05, 0.1) is 27.9 Å². The van der Waals surface area contributed by atoms with Crippen LogP contribution >= 0.6 is 0 Å². The minimum atomic E-state index is -0.507. The molecule has 2 heterocycles. The third-order valence-electron chi connectivity index (χ3n) is 8.41. The molecule has 0 atom stereocenters. The lowest BCUT2D eigenvalue weighted by Crippen LogP contribution is -2.29. The zero-order valence-corrected chi connectivity index (χ0v) is 25.7. The van der Waals surface area contributed by atoms with Crippen LogP contribution in [-0.4, -0.2) is 47.4 Å². The number of fused-ring (bicyclic) bond motifs is 2. The van der Waals surface area contributed by atoms with Crippen molar-refractivity contribution < 1.29 is 28.8 Å². The third kappa shape index (κ3) is 5.21. The number of amides is 6. The summed E-state index contributed by atoms with van der Waals surface area (Å²) in [6, 6.07) is 29.8. The number of benzene rings is 5. The van der Waals surface area contributed by atoms with E-state index in [1.54, 1.807) is 84.9 Å². The molecule has 0 radical (unpaired) electrons. The van der Waals surface area contributed by atoms with Gasteiger partial charge in [0.2, 0.25) is 0 Å². The molecule has 234 valence electrons. The van der Waals surface area contributed by atoms with Crippen LogP contribution in [0.3, 0.4) is 0 Å². The molecule has 0 spiro atoms. The van der Waals surface area contributed by atoms with Crippen LogP contribution in [0.4, 0.5) is 17.1 Å². The van der Waals surface area contributed by atoms with E-state index in [-0.39, 0.29) is 28.5 Å². The van der Waals surface area contributed by atoms with Crippen molar-refractivity contribution in [3.63, 3.8) is 0 Å². The van der Waals surface area contributed by atoms with E-state index in [2.05, 4.69) is 10.6 Å². The molecule has 2 aliphatic heterocycles. The van der Waals surface area contributed by atoms with E-state index >= 15 is 0 Å². The summed E-state index contributed by atoms with van der Waals surface area (Å²) in [6.45, 7) is 1.96. The fourth-order valence-electron chi connectivity index (χ4n) is 5.71. The van der Waals surface area contributed by atoms with E-state index < -0.39 is 23.6 Å². The molecule has 5 aromatic rings. The van der Waals surface area contributed by atoms with Gasteiger partial charge in [-0.3, -0.25) is 33.7 Å². The summed E-state index contributed by atoms with van der Waals surface area (Å²) < 4.78 is 0. The molecule has 0 unspecified atom stereocenters. The van der Waals surface area contributed by atoms with E-state index in [9.17, 15) is 28.8 Å². The molecule has 0 saturated heterocycles. The van der Waals surface area contributed by atoms with E-state index in [1.807, 2.05) is 31.2 Å². The second-order valence-corrected chi connectivity index (χ2v) is 11.5. The smallest absolute Gasteiger partial charge is 0.266 e. The van der Waals surface area contributed by atoms with Gasteiger partial charge in [0, 0.05) is 29.5 Å². The monoisotopic (exact) mass is 634 g/mol. The van der Waals surface area contributed by atoms with Gasteiger partial charge >= 0.3 is 0 Å². The highest BCUT2D eigenvalue weighted by molar-refractivity contribution is 6.34. The molecular weight excluding hydrogens is 608 g/mol.